The van der Waals surface area contributed by atoms with Gasteiger partial charge in [0.2, 0.25) is 0 Å². The van der Waals surface area contributed by atoms with Crippen LogP contribution in [0.1, 0.15) is 37.7 Å². The van der Waals surface area contributed by atoms with Gasteiger partial charge in [-0.3, -0.25) is 14.7 Å². The second kappa shape index (κ2) is 11.3. The second-order valence-electron chi connectivity index (χ2n) is 9.16. The lowest BCUT2D eigenvalue weighted by molar-refractivity contribution is -0.122. The molecular weight excluding hydrogens is 458 g/mol. The van der Waals surface area contributed by atoms with Crippen molar-refractivity contribution in [3.63, 3.8) is 0 Å². The van der Waals surface area contributed by atoms with E-state index in [1.165, 1.54) is 43.3 Å². The summed E-state index contributed by atoms with van der Waals surface area (Å²) in [5.74, 6) is 1.74. The summed E-state index contributed by atoms with van der Waals surface area (Å²) in [5.41, 5.74) is 3.87. The van der Waals surface area contributed by atoms with Crippen LogP contribution in [0.5, 0.6) is 5.75 Å². The molecule has 0 amide bonds. The number of benzene rings is 1. The van der Waals surface area contributed by atoms with Crippen LogP contribution < -0.4 is 9.64 Å². The standard InChI is InChI=1S/C25H29N7O.CH2O2/c1-2-11-31(12-3-1)14-18-8-9-21(22-20(18)7-4-10-26-22)33-15-19-6-5-13-32(19)25-23-24(28-16-27-23)29-17-30-25;2-1-3/h4,7-10,16-17,19H,1-3,5-6,11-15H2,(H,27,28,29,30);1H,(H,2,3)/t19-;/m1./s1. The van der Waals surface area contributed by atoms with E-state index in [9.17, 15) is 0 Å². The Hall–Kier alpha value is -3.79. The van der Waals surface area contributed by atoms with E-state index in [1.54, 1.807) is 12.7 Å². The topological polar surface area (TPSA) is 120 Å². The van der Waals surface area contributed by atoms with Gasteiger partial charge in [0.05, 0.1) is 12.4 Å². The predicted molar refractivity (Wildman–Crippen MR) is 137 cm³/mol. The van der Waals surface area contributed by atoms with Gasteiger partial charge in [-0.15, -0.1) is 0 Å². The molecule has 1 atom stereocenters. The Morgan fingerprint density at radius 2 is 1.89 bits per heavy atom. The lowest BCUT2D eigenvalue weighted by Gasteiger charge is -2.27. The van der Waals surface area contributed by atoms with E-state index in [4.69, 9.17) is 19.6 Å². The summed E-state index contributed by atoms with van der Waals surface area (Å²) in [6.45, 7) is 4.63. The predicted octanol–water partition coefficient (Wildman–Crippen LogP) is 3.64. The summed E-state index contributed by atoms with van der Waals surface area (Å²) in [5, 5.41) is 8.08. The Kier molecular flexibility index (Phi) is 7.51. The van der Waals surface area contributed by atoms with Crippen molar-refractivity contribution < 1.29 is 14.6 Å². The Bertz CT molecular complexity index is 1310. The van der Waals surface area contributed by atoms with Crippen LogP contribution in [0.15, 0.2) is 43.1 Å². The molecule has 1 aromatic carbocycles. The van der Waals surface area contributed by atoms with Crippen molar-refractivity contribution in [2.75, 3.05) is 31.1 Å². The third-order valence-corrected chi connectivity index (χ3v) is 6.94. The van der Waals surface area contributed by atoms with E-state index < -0.39 is 0 Å². The summed E-state index contributed by atoms with van der Waals surface area (Å²) in [6.07, 6.45) is 11.3. The van der Waals surface area contributed by atoms with Crippen LogP contribution in [0.3, 0.4) is 0 Å². The van der Waals surface area contributed by atoms with Crippen LogP contribution in [-0.2, 0) is 11.3 Å². The van der Waals surface area contributed by atoms with Gasteiger partial charge in [-0.1, -0.05) is 18.6 Å². The maximum absolute atomic E-state index is 8.36. The minimum absolute atomic E-state index is 0.242. The highest BCUT2D eigenvalue weighted by molar-refractivity contribution is 5.87. The highest BCUT2D eigenvalue weighted by Crippen LogP contribution is 2.31. The number of fused-ring (bicyclic) bond motifs is 2. The lowest BCUT2D eigenvalue weighted by Crippen LogP contribution is -2.35. The molecule has 3 aromatic heterocycles. The maximum atomic E-state index is 8.36. The highest BCUT2D eigenvalue weighted by atomic mass is 16.5. The van der Waals surface area contributed by atoms with Gasteiger partial charge in [0, 0.05) is 24.7 Å². The molecule has 2 fully saturated rings. The second-order valence-corrected chi connectivity index (χ2v) is 9.16. The largest absolute Gasteiger partial charge is 0.489 e. The van der Waals surface area contributed by atoms with Gasteiger partial charge < -0.3 is 19.7 Å². The zero-order valence-corrected chi connectivity index (χ0v) is 20.2. The van der Waals surface area contributed by atoms with E-state index >= 15 is 0 Å². The lowest BCUT2D eigenvalue weighted by atomic mass is 10.1. The third kappa shape index (κ3) is 5.08. The molecule has 2 aliphatic rings. The molecule has 5 heterocycles. The zero-order chi connectivity index (χ0) is 24.7. The summed E-state index contributed by atoms with van der Waals surface area (Å²) >= 11 is 0. The van der Waals surface area contributed by atoms with Crippen LogP contribution in [0.25, 0.3) is 22.1 Å². The molecule has 10 heteroatoms. The fraction of sp³-hybridized carbons (Fsp3) is 0.423. The molecular formula is C26H31N7O3. The molecule has 188 valence electrons. The average Bonchev–Trinajstić information content (AvgIpc) is 3.59. The number of hydrogen-bond donors (Lipinski definition) is 2. The minimum atomic E-state index is -0.250. The zero-order valence-electron chi connectivity index (χ0n) is 20.2. The van der Waals surface area contributed by atoms with Crippen molar-refractivity contribution >= 4 is 34.4 Å². The number of rotatable bonds is 6. The monoisotopic (exact) mass is 489 g/mol. The van der Waals surface area contributed by atoms with Gasteiger partial charge in [0.15, 0.2) is 11.5 Å². The highest BCUT2D eigenvalue weighted by Gasteiger charge is 2.29. The molecule has 6 rings (SSSR count). The van der Waals surface area contributed by atoms with Crippen molar-refractivity contribution in [2.24, 2.45) is 0 Å². The number of likely N-dealkylation sites (tertiary alicyclic amines) is 1. The van der Waals surface area contributed by atoms with Crippen LogP contribution >= 0.6 is 0 Å². The number of pyridine rings is 1. The molecule has 0 saturated carbocycles. The first-order valence-electron chi connectivity index (χ1n) is 12.5. The first kappa shape index (κ1) is 23.9. The Morgan fingerprint density at radius 1 is 1.03 bits per heavy atom. The third-order valence-electron chi connectivity index (χ3n) is 6.94. The molecule has 2 saturated heterocycles. The number of aromatic amines is 1. The van der Waals surface area contributed by atoms with Crippen LogP contribution in [-0.4, -0.2) is 73.7 Å². The fourth-order valence-electron chi connectivity index (χ4n) is 5.25. The quantitative estimate of drug-likeness (QED) is 0.391. The van der Waals surface area contributed by atoms with Gasteiger partial charge in [-0.25, -0.2) is 15.0 Å². The van der Waals surface area contributed by atoms with Crippen molar-refractivity contribution in [2.45, 2.75) is 44.7 Å². The SMILES string of the molecule is O=CO.c1cnc2c(OC[C@H]3CCCN3c3ncnc4[nH]cnc34)ccc(CN3CCCCC3)c2c1. The van der Waals surface area contributed by atoms with Crippen molar-refractivity contribution in [3.8, 4) is 5.75 Å². The van der Waals surface area contributed by atoms with E-state index in [0.29, 0.717) is 6.61 Å². The normalized spacial score (nSPS) is 18.2. The van der Waals surface area contributed by atoms with Crippen molar-refractivity contribution in [3.05, 3.63) is 48.7 Å². The number of carbonyl (C=O) groups is 1. The Morgan fingerprint density at radius 3 is 2.75 bits per heavy atom. The van der Waals surface area contributed by atoms with Crippen LogP contribution in [0, 0.1) is 0 Å². The molecule has 10 nitrogen and oxygen atoms in total. The minimum Gasteiger partial charge on any atom is -0.489 e. The Labute approximate surface area is 209 Å². The van der Waals surface area contributed by atoms with E-state index in [-0.39, 0.29) is 12.5 Å². The summed E-state index contributed by atoms with van der Waals surface area (Å²) in [7, 11) is 0. The summed E-state index contributed by atoms with van der Waals surface area (Å²) in [6, 6.07) is 8.76. The van der Waals surface area contributed by atoms with Crippen molar-refractivity contribution in [1.29, 1.82) is 0 Å². The van der Waals surface area contributed by atoms with Crippen LogP contribution in [0.2, 0.25) is 0 Å². The first-order valence-corrected chi connectivity index (χ1v) is 12.5. The number of H-pyrrole nitrogens is 1. The molecule has 4 aromatic rings. The number of piperidine rings is 1. The van der Waals surface area contributed by atoms with Gasteiger partial charge in [0.1, 0.15) is 29.7 Å². The summed E-state index contributed by atoms with van der Waals surface area (Å²) < 4.78 is 6.40. The molecule has 0 aliphatic carbocycles. The fourth-order valence-corrected chi connectivity index (χ4v) is 5.25. The van der Waals surface area contributed by atoms with E-state index in [1.807, 2.05) is 12.3 Å². The average molecular weight is 490 g/mol. The number of aromatic nitrogens is 5. The number of nitrogens with zero attached hydrogens (tertiary/aromatic N) is 6. The van der Waals surface area contributed by atoms with Gasteiger partial charge in [-0.05, 0) is 56.5 Å². The van der Waals surface area contributed by atoms with Crippen LogP contribution in [0.4, 0.5) is 5.82 Å². The van der Waals surface area contributed by atoms with E-state index in [0.717, 1.165) is 54.2 Å². The van der Waals surface area contributed by atoms with Gasteiger partial charge in [-0.2, -0.15) is 0 Å². The molecule has 36 heavy (non-hydrogen) atoms. The first-order chi connectivity index (χ1) is 17.8. The number of carboxylic acid groups (broad SMARTS) is 1. The molecule has 0 unspecified atom stereocenters. The molecule has 2 aliphatic heterocycles. The molecule has 0 spiro atoms. The van der Waals surface area contributed by atoms with E-state index in [2.05, 4.69) is 47.9 Å². The van der Waals surface area contributed by atoms with Crippen molar-refractivity contribution in [1.82, 2.24) is 29.8 Å². The number of imidazole rings is 1. The number of hydrogen-bond acceptors (Lipinski definition) is 8. The van der Waals surface area contributed by atoms with Gasteiger partial charge in [0.25, 0.3) is 6.47 Å². The summed E-state index contributed by atoms with van der Waals surface area (Å²) in [4.78, 5) is 34.3. The number of ether oxygens (including phenoxy) is 1. The maximum Gasteiger partial charge on any atom is 0.290 e. The van der Waals surface area contributed by atoms with Gasteiger partial charge >= 0.3 is 0 Å². The smallest absolute Gasteiger partial charge is 0.290 e. The molecule has 0 bridgehead atoms. The molecule has 0 radical (unpaired) electrons. The Balaban J connectivity index is 0.000000848. The number of nitrogens with one attached hydrogen (secondary N) is 1. The number of anilines is 1. The molecule has 2 N–H and O–H groups in total.